The summed E-state index contributed by atoms with van der Waals surface area (Å²) in [5, 5.41) is 0.644. The van der Waals surface area contributed by atoms with Gasteiger partial charge in [0, 0.05) is 10.8 Å². The highest BCUT2D eigenvalue weighted by Gasteiger charge is 2.33. The molecule has 0 aliphatic carbocycles. The minimum absolute atomic E-state index is 0.134. The molecule has 4 rings (SSSR count). The fourth-order valence-corrected chi connectivity index (χ4v) is 3.50. The zero-order valence-electron chi connectivity index (χ0n) is 12.9. The van der Waals surface area contributed by atoms with E-state index in [1.165, 1.54) is 0 Å². The van der Waals surface area contributed by atoms with E-state index >= 15 is 0 Å². The van der Waals surface area contributed by atoms with Crippen molar-refractivity contribution in [1.82, 2.24) is 0 Å². The van der Waals surface area contributed by atoms with E-state index in [0.717, 1.165) is 10.5 Å². The lowest BCUT2D eigenvalue weighted by molar-refractivity contribution is -0.135. The standard InChI is InChI=1S/C19H14O4S/c1-24-12-8-6-11(7-9-12)14-10-16(20)23-18-13-4-2-3-5-15(13)22-19(21)17(14)18/h2-9,14H,10H2,1H3/t14-/m1/s1. The molecular formula is C19H14O4S. The summed E-state index contributed by atoms with van der Waals surface area (Å²) in [5.74, 6) is -0.354. The molecule has 1 aliphatic rings. The van der Waals surface area contributed by atoms with E-state index in [1.54, 1.807) is 30.0 Å². The SMILES string of the molecule is CSc1ccc([C@H]2CC(=O)Oc3c2c(=O)oc2ccccc32)cc1. The third kappa shape index (κ3) is 2.41. The molecule has 0 radical (unpaired) electrons. The number of fused-ring (bicyclic) bond motifs is 3. The maximum absolute atomic E-state index is 12.5. The number of hydrogen-bond acceptors (Lipinski definition) is 5. The number of esters is 1. The molecule has 0 saturated carbocycles. The fourth-order valence-electron chi connectivity index (χ4n) is 3.09. The molecule has 0 fully saturated rings. The largest absolute Gasteiger partial charge is 0.425 e. The number of hydrogen-bond donors (Lipinski definition) is 0. The van der Waals surface area contributed by atoms with E-state index in [9.17, 15) is 9.59 Å². The summed E-state index contributed by atoms with van der Waals surface area (Å²) in [4.78, 5) is 25.8. The Kier molecular flexibility index (Phi) is 3.65. The lowest BCUT2D eigenvalue weighted by Gasteiger charge is -2.24. The van der Waals surface area contributed by atoms with E-state index < -0.39 is 5.63 Å². The minimum atomic E-state index is -0.449. The zero-order valence-corrected chi connectivity index (χ0v) is 13.8. The second-order valence-electron chi connectivity index (χ2n) is 5.63. The van der Waals surface area contributed by atoms with Crippen LogP contribution in [-0.2, 0) is 4.79 Å². The predicted octanol–water partition coefficient (Wildman–Crippen LogP) is 3.96. The first-order chi connectivity index (χ1) is 11.7. The molecule has 2 heterocycles. The maximum Gasteiger partial charge on any atom is 0.343 e. The van der Waals surface area contributed by atoms with Crippen LogP contribution in [0.1, 0.15) is 23.5 Å². The Labute approximate surface area is 142 Å². The predicted molar refractivity (Wildman–Crippen MR) is 92.8 cm³/mol. The summed E-state index contributed by atoms with van der Waals surface area (Å²) in [7, 11) is 0. The molecule has 5 heteroatoms. The molecule has 1 aliphatic heterocycles. The number of para-hydroxylation sites is 1. The number of carbonyl (C=O) groups excluding carboxylic acids is 1. The van der Waals surface area contributed by atoms with Gasteiger partial charge in [-0.1, -0.05) is 24.3 Å². The molecule has 120 valence electrons. The fraction of sp³-hybridized carbons (Fsp3) is 0.158. The van der Waals surface area contributed by atoms with Gasteiger partial charge in [0.25, 0.3) is 0 Å². The van der Waals surface area contributed by atoms with Gasteiger partial charge in [0.05, 0.1) is 17.4 Å². The van der Waals surface area contributed by atoms with Gasteiger partial charge >= 0.3 is 11.6 Å². The highest BCUT2D eigenvalue weighted by Crippen LogP contribution is 2.40. The van der Waals surface area contributed by atoms with Crippen molar-refractivity contribution in [3.63, 3.8) is 0 Å². The van der Waals surface area contributed by atoms with Crippen LogP contribution in [0.5, 0.6) is 5.75 Å². The molecule has 0 amide bonds. The molecule has 2 aromatic carbocycles. The maximum atomic E-state index is 12.5. The van der Waals surface area contributed by atoms with E-state index in [0.29, 0.717) is 22.3 Å². The van der Waals surface area contributed by atoms with Gasteiger partial charge in [-0.3, -0.25) is 4.79 Å². The molecule has 0 N–H and O–H groups in total. The normalized spacial score (nSPS) is 16.7. The van der Waals surface area contributed by atoms with E-state index in [-0.39, 0.29) is 18.3 Å². The van der Waals surface area contributed by atoms with Crippen molar-refractivity contribution in [2.45, 2.75) is 17.2 Å². The molecule has 3 aromatic rings. The zero-order chi connectivity index (χ0) is 16.7. The quantitative estimate of drug-likeness (QED) is 0.402. The number of carbonyl (C=O) groups is 1. The second-order valence-corrected chi connectivity index (χ2v) is 6.51. The van der Waals surface area contributed by atoms with Crippen LogP contribution in [0, 0.1) is 0 Å². The van der Waals surface area contributed by atoms with Gasteiger partial charge in [-0.25, -0.2) is 4.79 Å². The smallest absolute Gasteiger partial charge is 0.343 e. The number of thioether (sulfide) groups is 1. The number of rotatable bonds is 2. The van der Waals surface area contributed by atoms with Crippen molar-refractivity contribution >= 4 is 28.7 Å². The Morgan fingerprint density at radius 3 is 2.54 bits per heavy atom. The third-order valence-electron chi connectivity index (χ3n) is 4.25. The van der Waals surface area contributed by atoms with Crippen LogP contribution in [-0.4, -0.2) is 12.2 Å². The summed E-state index contributed by atoms with van der Waals surface area (Å²) in [5.41, 5.74) is 1.31. The highest BCUT2D eigenvalue weighted by molar-refractivity contribution is 7.98. The molecule has 0 saturated heterocycles. The van der Waals surface area contributed by atoms with Gasteiger partial charge in [-0.15, -0.1) is 11.8 Å². The van der Waals surface area contributed by atoms with Gasteiger partial charge in [0.2, 0.25) is 0 Å². The molecule has 1 atom stereocenters. The lowest BCUT2D eigenvalue weighted by Crippen LogP contribution is -2.26. The Morgan fingerprint density at radius 1 is 1.04 bits per heavy atom. The van der Waals surface area contributed by atoms with Gasteiger partial charge in [-0.05, 0) is 36.1 Å². The minimum Gasteiger partial charge on any atom is -0.425 e. The Morgan fingerprint density at radius 2 is 1.79 bits per heavy atom. The first-order valence-electron chi connectivity index (χ1n) is 7.57. The van der Waals surface area contributed by atoms with Crippen LogP contribution in [0.15, 0.2) is 62.6 Å². The summed E-state index contributed by atoms with van der Waals surface area (Å²) in [6, 6.07) is 15.0. The second kappa shape index (κ2) is 5.83. The topological polar surface area (TPSA) is 56.5 Å². The number of ether oxygens (including phenoxy) is 1. The molecule has 0 bridgehead atoms. The molecule has 0 unspecified atom stereocenters. The third-order valence-corrected chi connectivity index (χ3v) is 5.00. The number of benzene rings is 2. The van der Waals surface area contributed by atoms with Crippen LogP contribution in [0.4, 0.5) is 0 Å². The first-order valence-corrected chi connectivity index (χ1v) is 8.80. The van der Waals surface area contributed by atoms with Crippen LogP contribution in [0.3, 0.4) is 0 Å². The van der Waals surface area contributed by atoms with Crippen molar-refractivity contribution in [2.75, 3.05) is 6.26 Å². The lowest BCUT2D eigenvalue weighted by atomic mass is 9.87. The molecular weight excluding hydrogens is 324 g/mol. The van der Waals surface area contributed by atoms with Crippen molar-refractivity contribution in [1.29, 1.82) is 0 Å². The van der Waals surface area contributed by atoms with Crippen molar-refractivity contribution < 1.29 is 13.9 Å². The molecule has 4 nitrogen and oxygen atoms in total. The first kappa shape index (κ1) is 15.0. The highest BCUT2D eigenvalue weighted by atomic mass is 32.2. The van der Waals surface area contributed by atoms with E-state index in [4.69, 9.17) is 9.15 Å². The van der Waals surface area contributed by atoms with E-state index in [1.807, 2.05) is 36.6 Å². The summed E-state index contributed by atoms with van der Waals surface area (Å²) < 4.78 is 10.9. The van der Waals surface area contributed by atoms with Gasteiger partial charge < -0.3 is 9.15 Å². The Bertz CT molecular complexity index is 988. The molecule has 1 aromatic heterocycles. The van der Waals surface area contributed by atoms with Crippen molar-refractivity contribution in [3.05, 3.63) is 70.1 Å². The van der Waals surface area contributed by atoms with Gasteiger partial charge in [0.1, 0.15) is 5.58 Å². The Balaban J connectivity index is 1.94. The molecule has 0 spiro atoms. The molecule has 24 heavy (non-hydrogen) atoms. The monoisotopic (exact) mass is 338 g/mol. The van der Waals surface area contributed by atoms with Crippen LogP contribution in [0.25, 0.3) is 11.0 Å². The summed E-state index contributed by atoms with van der Waals surface area (Å²) in [6.07, 6.45) is 2.14. The average Bonchev–Trinajstić information content (AvgIpc) is 2.61. The summed E-state index contributed by atoms with van der Waals surface area (Å²) in [6.45, 7) is 0. The van der Waals surface area contributed by atoms with Crippen molar-refractivity contribution in [3.8, 4) is 5.75 Å². The van der Waals surface area contributed by atoms with Crippen molar-refractivity contribution in [2.24, 2.45) is 0 Å². The van der Waals surface area contributed by atoms with Crippen LogP contribution < -0.4 is 10.4 Å². The van der Waals surface area contributed by atoms with Crippen LogP contribution in [0.2, 0.25) is 0 Å². The van der Waals surface area contributed by atoms with E-state index in [2.05, 4.69) is 0 Å². The van der Waals surface area contributed by atoms with Gasteiger partial charge in [0.15, 0.2) is 5.75 Å². The van der Waals surface area contributed by atoms with Gasteiger partial charge in [-0.2, -0.15) is 0 Å². The summed E-state index contributed by atoms with van der Waals surface area (Å²) >= 11 is 1.64. The average molecular weight is 338 g/mol. The Hall–Kier alpha value is -2.53. The van der Waals surface area contributed by atoms with Crippen LogP contribution >= 0.6 is 11.8 Å².